The van der Waals surface area contributed by atoms with Gasteiger partial charge in [-0.25, -0.2) is 14.5 Å². The van der Waals surface area contributed by atoms with Crippen molar-refractivity contribution in [2.24, 2.45) is 0 Å². The number of nitrogen functional groups attached to an aromatic ring is 1. The number of anilines is 1. The second-order valence-corrected chi connectivity index (χ2v) is 9.02. The minimum absolute atomic E-state index is 0.205. The maximum atomic E-state index is 12.8. The van der Waals surface area contributed by atoms with Crippen LogP contribution < -0.4 is 16.7 Å². The number of carbonyl (C=O) groups is 2. The number of benzene rings is 1. The van der Waals surface area contributed by atoms with E-state index < -0.39 is 16.8 Å². The third-order valence-corrected chi connectivity index (χ3v) is 7.37. The molecule has 0 bridgehead atoms. The molecule has 1 unspecified atom stereocenters. The number of carbonyl (C=O) groups excluding carboxylic acids is 2. The van der Waals surface area contributed by atoms with Gasteiger partial charge in [-0.15, -0.1) is 11.3 Å². The van der Waals surface area contributed by atoms with Gasteiger partial charge in [0.2, 0.25) is 5.91 Å². The van der Waals surface area contributed by atoms with Crippen LogP contribution in [0, 0.1) is 6.92 Å². The van der Waals surface area contributed by atoms with Crippen molar-refractivity contribution in [1.29, 1.82) is 0 Å². The van der Waals surface area contributed by atoms with Crippen LogP contribution in [0.5, 0.6) is 0 Å². The number of amides is 1. The summed E-state index contributed by atoms with van der Waals surface area (Å²) < 4.78 is 5.71. The molecular formula is C21H24N4O4S2. The molecule has 164 valence electrons. The summed E-state index contributed by atoms with van der Waals surface area (Å²) in [5, 5.41) is 2.88. The van der Waals surface area contributed by atoms with Crippen LogP contribution in [0.3, 0.4) is 0 Å². The van der Waals surface area contributed by atoms with Gasteiger partial charge in [-0.2, -0.15) is 0 Å². The number of nitrogens with zero attached hydrogens (tertiary/aromatic N) is 2. The van der Waals surface area contributed by atoms with Gasteiger partial charge in [0.05, 0.1) is 17.7 Å². The number of ether oxygens (including phenoxy) is 1. The third kappa shape index (κ3) is 4.59. The van der Waals surface area contributed by atoms with Gasteiger partial charge in [-0.1, -0.05) is 37.7 Å². The first-order valence-electron chi connectivity index (χ1n) is 9.76. The molecule has 0 saturated carbocycles. The largest absolute Gasteiger partial charge is 0.465 e. The van der Waals surface area contributed by atoms with E-state index >= 15 is 0 Å². The predicted octanol–water partition coefficient (Wildman–Crippen LogP) is 3.34. The molecule has 0 saturated heterocycles. The molecule has 0 aliphatic rings. The molecular weight excluding hydrogens is 436 g/mol. The lowest BCUT2D eigenvalue weighted by Gasteiger charge is -2.16. The number of hydrogen-bond acceptors (Lipinski definition) is 8. The molecule has 0 radical (unpaired) electrons. The Balaban J connectivity index is 1.89. The second-order valence-electron chi connectivity index (χ2n) is 6.85. The molecule has 1 aromatic carbocycles. The van der Waals surface area contributed by atoms with Gasteiger partial charge in [0.25, 0.3) is 5.56 Å². The molecule has 31 heavy (non-hydrogen) atoms. The molecule has 1 amide bonds. The molecule has 0 fully saturated rings. The van der Waals surface area contributed by atoms with E-state index in [4.69, 9.17) is 10.6 Å². The van der Waals surface area contributed by atoms with Gasteiger partial charge >= 0.3 is 5.97 Å². The fourth-order valence-corrected chi connectivity index (χ4v) is 5.12. The van der Waals surface area contributed by atoms with Crippen LogP contribution in [0.15, 0.2) is 34.2 Å². The van der Waals surface area contributed by atoms with Crippen LogP contribution in [0.25, 0.3) is 10.2 Å². The smallest absolute Gasteiger partial charge is 0.348 e. The number of hydrogen-bond donors (Lipinski definition) is 2. The molecule has 3 aromatic rings. The zero-order valence-electron chi connectivity index (χ0n) is 17.7. The topological polar surface area (TPSA) is 116 Å². The van der Waals surface area contributed by atoms with Gasteiger partial charge in [-0.05, 0) is 43.0 Å². The quantitative estimate of drug-likeness (QED) is 0.240. The van der Waals surface area contributed by atoms with Crippen LogP contribution in [0.4, 0.5) is 5.69 Å². The lowest BCUT2D eigenvalue weighted by atomic mass is 10.1. The summed E-state index contributed by atoms with van der Waals surface area (Å²) >= 11 is 2.19. The Kier molecular flexibility index (Phi) is 7.01. The van der Waals surface area contributed by atoms with Crippen molar-refractivity contribution in [2.75, 3.05) is 18.3 Å². The van der Waals surface area contributed by atoms with Crippen molar-refractivity contribution in [1.82, 2.24) is 9.66 Å². The van der Waals surface area contributed by atoms with Crippen molar-refractivity contribution in [2.45, 2.75) is 44.0 Å². The van der Waals surface area contributed by atoms with E-state index in [0.29, 0.717) is 27.4 Å². The summed E-state index contributed by atoms with van der Waals surface area (Å²) in [6.45, 7) is 5.60. The Morgan fingerprint density at radius 2 is 1.97 bits per heavy atom. The van der Waals surface area contributed by atoms with Crippen LogP contribution in [0.2, 0.25) is 0 Å². The normalized spacial score (nSPS) is 12.0. The number of nitrogens with two attached hydrogens (primary N) is 1. The molecule has 2 heterocycles. The highest BCUT2D eigenvalue weighted by molar-refractivity contribution is 8.00. The molecule has 3 N–H and O–H groups in total. The number of fused-ring (bicyclic) bond motifs is 1. The van der Waals surface area contributed by atoms with Crippen LogP contribution in [-0.4, -0.2) is 33.9 Å². The van der Waals surface area contributed by atoms with E-state index in [0.717, 1.165) is 34.2 Å². The highest BCUT2D eigenvalue weighted by atomic mass is 32.2. The number of thiophene rings is 1. The number of methoxy groups -OCH3 is 1. The maximum absolute atomic E-state index is 12.8. The standard InChI is InChI=1S/C21H24N4O4S2/c1-5-12-7-9-13(10-8-12)23-17(26)14(6-2)30-21-24-18-15(19(27)25(21)22)11(3)16(31-18)20(28)29-4/h7-10,14H,5-6,22H2,1-4H3,(H,23,26). The summed E-state index contributed by atoms with van der Waals surface area (Å²) in [5.74, 6) is 5.27. The number of thioether (sulfide) groups is 1. The van der Waals surface area contributed by atoms with Crippen molar-refractivity contribution in [3.05, 3.63) is 50.6 Å². The lowest BCUT2D eigenvalue weighted by molar-refractivity contribution is -0.115. The molecule has 0 aliphatic heterocycles. The molecule has 8 nitrogen and oxygen atoms in total. The Bertz CT molecular complexity index is 1180. The van der Waals surface area contributed by atoms with Crippen LogP contribution in [0.1, 0.15) is 41.1 Å². The van der Waals surface area contributed by atoms with Gasteiger partial charge in [0.1, 0.15) is 9.71 Å². The van der Waals surface area contributed by atoms with Gasteiger partial charge in [0, 0.05) is 5.69 Å². The summed E-state index contributed by atoms with van der Waals surface area (Å²) in [4.78, 5) is 42.8. The first-order chi connectivity index (χ1) is 14.8. The van der Waals surface area contributed by atoms with Crippen LogP contribution in [-0.2, 0) is 16.0 Å². The van der Waals surface area contributed by atoms with Crippen molar-refractivity contribution < 1.29 is 14.3 Å². The van der Waals surface area contributed by atoms with Crippen LogP contribution >= 0.6 is 23.1 Å². The molecule has 3 rings (SSSR count). The Morgan fingerprint density at radius 3 is 2.55 bits per heavy atom. The van der Waals surface area contributed by atoms with E-state index in [1.165, 1.54) is 12.7 Å². The first kappa shape index (κ1) is 22.8. The number of aryl methyl sites for hydroxylation is 2. The number of nitrogens with one attached hydrogen (secondary N) is 1. The summed E-state index contributed by atoms with van der Waals surface area (Å²) in [7, 11) is 1.28. The van der Waals surface area contributed by atoms with Crippen molar-refractivity contribution in [3.63, 3.8) is 0 Å². The average molecular weight is 461 g/mol. The zero-order valence-corrected chi connectivity index (χ0v) is 19.4. The zero-order chi connectivity index (χ0) is 22.7. The van der Waals surface area contributed by atoms with Gasteiger partial charge in [-0.3, -0.25) is 9.59 Å². The first-order valence-corrected chi connectivity index (χ1v) is 11.5. The average Bonchev–Trinajstić information content (AvgIpc) is 3.11. The predicted molar refractivity (Wildman–Crippen MR) is 124 cm³/mol. The lowest BCUT2D eigenvalue weighted by Crippen LogP contribution is -2.32. The van der Waals surface area contributed by atoms with Gasteiger partial charge < -0.3 is 15.9 Å². The van der Waals surface area contributed by atoms with Crippen molar-refractivity contribution >= 4 is 50.9 Å². The minimum atomic E-state index is -0.530. The molecule has 1 atom stereocenters. The van der Waals surface area contributed by atoms with E-state index in [-0.39, 0.29) is 16.4 Å². The Hall–Kier alpha value is -2.85. The summed E-state index contributed by atoms with van der Waals surface area (Å²) in [5.41, 5.74) is 1.90. The monoisotopic (exact) mass is 460 g/mol. The van der Waals surface area contributed by atoms with Crippen molar-refractivity contribution in [3.8, 4) is 0 Å². The summed E-state index contributed by atoms with van der Waals surface area (Å²) in [6, 6.07) is 7.66. The second kappa shape index (κ2) is 9.52. The molecule has 10 heteroatoms. The van der Waals surface area contributed by atoms with E-state index in [1.54, 1.807) is 6.92 Å². The molecule has 0 spiro atoms. The SMILES string of the molecule is CCc1ccc(NC(=O)C(CC)Sc2nc3sc(C(=O)OC)c(C)c3c(=O)n2N)cc1. The molecule has 2 aromatic heterocycles. The third-order valence-electron chi connectivity index (χ3n) is 4.88. The van der Waals surface area contributed by atoms with E-state index in [1.807, 2.05) is 31.2 Å². The molecule has 0 aliphatic carbocycles. The Morgan fingerprint density at radius 1 is 1.29 bits per heavy atom. The van der Waals surface area contributed by atoms with E-state index in [9.17, 15) is 14.4 Å². The highest BCUT2D eigenvalue weighted by Gasteiger charge is 2.25. The number of aromatic nitrogens is 2. The number of rotatable bonds is 7. The summed E-state index contributed by atoms with van der Waals surface area (Å²) in [6.07, 6.45) is 1.43. The fraction of sp³-hybridized carbons (Fsp3) is 0.333. The highest BCUT2D eigenvalue weighted by Crippen LogP contribution is 2.31. The minimum Gasteiger partial charge on any atom is -0.465 e. The van der Waals surface area contributed by atoms with Gasteiger partial charge in [0.15, 0.2) is 5.16 Å². The number of esters is 1. The Labute approximate surface area is 187 Å². The fourth-order valence-electron chi connectivity index (χ4n) is 3.04. The van der Waals surface area contributed by atoms with E-state index in [2.05, 4.69) is 17.2 Å². The maximum Gasteiger partial charge on any atom is 0.348 e.